The van der Waals surface area contributed by atoms with Gasteiger partial charge in [-0.25, -0.2) is 4.98 Å². The first-order valence-corrected chi connectivity index (χ1v) is 8.11. The van der Waals surface area contributed by atoms with E-state index >= 15 is 0 Å². The van der Waals surface area contributed by atoms with Crippen LogP contribution in [0, 0.1) is 6.92 Å². The molecule has 1 unspecified atom stereocenters. The van der Waals surface area contributed by atoms with Crippen LogP contribution in [0.3, 0.4) is 0 Å². The standard InChI is InChI=1S/C18H22N2O3/c1-13-4-6-14(7-5-13)16-12-20-18(23-16)9-8-17(21)19-11-15-3-2-10-22-15/h4-7,12,15H,2-3,8-11H2,1H3,(H,19,21). The summed E-state index contributed by atoms with van der Waals surface area (Å²) in [4.78, 5) is 16.1. The van der Waals surface area contributed by atoms with Gasteiger partial charge in [0.1, 0.15) is 0 Å². The zero-order valence-corrected chi connectivity index (χ0v) is 13.4. The number of nitrogens with zero attached hydrogens (tertiary/aromatic N) is 1. The van der Waals surface area contributed by atoms with E-state index < -0.39 is 0 Å². The summed E-state index contributed by atoms with van der Waals surface area (Å²) in [5.74, 6) is 1.34. The van der Waals surface area contributed by atoms with E-state index in [0.717, 1.165) is 30.8 Å². The highest BCUT2D eigenvalue weighted by Gasteiger charge is 2.16. The summed E-state index contributed by atoms with van der Waals surface area (Å²) in [6.07, 6.45) is 4.88. The zero-order chi connectivity index (χ0) is 16.1. The van der Waals surface area contributed by atoms with E-state index in [1.807, 2.05) is 31.2 Å². The van der Waals surface area contributed by atoms with Crippen LogP contribution in [0.2, 0.25) is 0 Å². The van der Waals surface area contributed by atoms with E-state index in [9.17, 15) is 4.79 Å². The molecule has 5 heteroatoms. The van der Waals surface area contributed by atoms with Crippen molar-refractivity contribution in [1.29, 1.82) is 0 Å². The summed E-state index contributed by atoms with van der Waals surface area (Å²) in [6, 6.07) is 8.09. The second kappa shape index (κ2) is 7.42. The van der Waals surface area contributed by atoms with Crippen LogP contribution in [-0.4, -0.2) is 30.1 Å². The van der Waals surface area contributed by atoms with Gasteiger partial charge in [-0.3, -0.25) is 4.79 Å². The first kappa shape index (κ1) is 15.7. The Bertz CT molecular complexity index is 643. The smallest absolute Gasteiger partial charge is 0.220 e. The van der Waals surface area contributed by atoms with Crippen molar-refractivity contribution in [2.24, 2.45) is 0 Å². The average Bonchev–Trinajstić information content (AvgIpc) is 3.23. The molecule has 0 spiro atoms. The van der Waals surface area contributed by atoms with Gasteiger partial charge < -0.3 is 14.5 Å². The van der Waals surface area contributed by atoms with E-state index in [1.165, 1.54) is 5.56 Å². The van der Waals surface area contributed by atoms with Crippen molar-refractivity contribution in [3.63, 3.8) is 0 Å². The molecule has 23 heavy (non-hydrogen) atoms. The molecule has 0 bridgehead atoms. The topological polar surface area (TPSA) is 64.4 Å². The maximum Gasteiger partial charge on any atom is 0.220 e. The van der Waals surface area contributed by atoms with E-state index in [1.54, 1.807) is 6.20 Å². The lowest BCUT2D eigenvalue weighted by Crippen LogP contribution is -2.31. The molecule has 2 heterocycles. The van der Waals surface area contributed by atoms with Crippen LogP contribution in [0.5, 0.6) is 0 Å². The molecule has 0 saturated carbocycles. The number of hydrogen-bond acceptors (Lipinski definition) is 4. The SMILES string of the molecule is Cc1ccc(-c2cnc(CCC(=O)NCC3CCCO3)o2)cc1. The van der Waals surface area contributed by atoms with Gasteiger partial charge in [0, 0.05) is 31.6 Å². The Labute approximate surface area is 136 Å². The highest BCUT2D eigenvalue weighted by molar-refractivity contribution is 5.76. The van der Waals surface area contributed by atoms with Crippen LogP contribution in [0.4, 0.5) is 0 Å². The van der Waals surface area contributed by atoms with Gasteiger partial charge in [0.25, 0.3) is 0 Å². The van der Waals surface area contributed by atoms with E-state index in [0.29, 0.717) is 25.3 Å². The normalized spacial score (nSPS) is 17.3. The molecular formula is C18H22N2O3. The first-order valence-electron chi connectivity index (χ1n) is 8.11. The van der Waals surface area contributed by atoms with E-state index in [2.05, 4.69) is 10.3 Å². The Morgan fingerprint density at radius 1 is 1.35 bits per heavy atom. The Balaban J connectivity index is 1.47. The molecule has 1 amide bonds. The minimum atomic E-state index is 0.00980. The van der Waals surface area contributed by atoms with Crippen molar-refractivity contribution in [1.82, 2.24) is 10.3 Å². The van der Waals surface area contributed by atoms with Crippen molar-refractivity contribution in [2.75, 3.05) is 13.2 Å². The molecule has 0 aliphatic carbocycles. The van der Waals surface area contributed by atoms with Crippen molar-refractivity contribution in [3.05, 3.63) is 41.9 Å². The zero-order valence-electron chi connectivity index (χ0n) is 13.4. The van der Waals surface area contributed by atoms with Crippen LogP contribution in [0.15, 0.2) is 34.9 Å². The van der Waals surface area contributed by atoms with Crippen LogP contribution in [0.25, 0.3) is 11.3 Å². The number of oxazole rings is 1. The van der Waals surface area contributed by atoms with Gasteiger partial charge in [0.05, 0.1) is 12.3 Å². The van der Waals surface area contributed by atoms with Gasteiger partial charge in [-0.2, -0.15) is 0 Å². The van der Waals surface area contributed by atoms with Gasteiger partial charge in [0.15, 0.2) is 11.7 Å². The van der Waals surface area contributed by atoms with Crippen molar-refractivity contribution >= 4 is 5.91 Å². The number of hydrogen-bond donors (Lipinski definition) is 1. The highest BCUT2D eigenvalue weighted by atomic mass is 16.5. The molecule has 122 valence electrons. The summed E-state index contributed by atoms with van der Waals surface area (Å²) in [7, 11) is 0. The predicted octanol–water partition coefficient (Wildman–Crippen LogP) is 2.88. The van der Waals surface area contributed by atoms with E-state index in [4.69, 9.17) is 9.15 Å². The van der Waals surface area contributed by atoms with Crippen LogP contribution in [-0.2, 0) is 16.0 Å². The number of rotatable bonds is 6. The Kier molecular flexibility index (Phi) is 5.08. The largest absolute Gasteiger partial charge is 0.441 e. The summed E-state index contributed by atoms with van der Waals surface area (Å²) >= 11 is 0. The van der Waals surface area contributed by atoms with Crippen molar-refractivity contribution < 1.29 is 13.9 Å². The Hall–Kier alpha value is -2.14. The molecule has 1 aromatic heterocycles. The van der Waals surface area contributed by atoms with Gasteiger partial charge in [-0.05, 0) is 19.8 Å². The number of carbonyl (C=O) groups is 1. The molecule has 3 rings (SSSR count). The molecule has 0 radical (unpaired) electrons. The van der Waals surface area contributed by atoms with E-state index in [-0.39, 0.29) is 12.0 Å². The lowest BCUT2D eigenvalue weighted by molar-refractivity contribution is -0.121. The predicted molar refractivity (Wildman–Crippen MR) is 87.0 cm³/mol. The number of benzene rings is 1. The number of aromatic nitrogens is 1. The summed E-state index contributed by atoms with van der Waals surface area (Å²) < 4.78 is 11.2. The highest BCUT2D eigenvalue weighted by Crippen LogP contribution is 2.21. The van der Waals surface area contributed by atoms with Gasteiger partial charge in [0.2, 0.25) is 5.91 Å². The third-order valence-corrected chi connectivity index (χ3v) is 4.01. The van der Waals surface area contributed by atoms with Crippen molar-refractivity contribution in [3.8, 4) is 11.3 Å². The van der Waals surface area contributed by atoms with Gasteiger partial charge >= 0.3 is 0 Å². The number of ether oxygens (including phenoxy) is 1. The quantitative estimate of drug-likeness (QED) is 0.890. The number of aryl methyl sites for hydroxylation is 2. The minimum absolute atomic E-state index is 0.00980. The molecule has 1 aliphatic rings. The number of nitrogens with one attached hydrogen (secondary N) is 1. The lowest BCUT2D eigenvalue weighted by Gasteiger charge is -2.10. The number of carbonyl (C=O) groups excluding carboxylic acids is 1. The summed E-state index contributed by atoms with van der Waals surface area (Å²) in [5, 5.41) is 2.91. The molecule has 1 aliphatic heterocycles. The van der Waals surface area contributed by atoms with Crippen LogP contribution in [0.1, 0.15) is 30.7 Å². The summed E-state index contributed by atoms with van der Waals surface area (Å²) in [6.45, 7) is 3.45. The van der Waals surface area contributed by atoms with Crippen LogP contribution < -0.4 is 5.32 Å². The van der Waals surface area contributed by atoms with Crippen molar-refractivity contribution in [2.45, 2.75) is 38.7 Å². The fraction of sp³-hybridized carbons (Fsp3) is 0.444. The third-order valence-electron chi connectivity index (χ3n) is 4.01. The second-order valence-corrected chi connectivity index (χ2v) is 5.92. The minimum Gasteiger partial charge on any atom is -0.441 e. The average molecular weight is 314 g/mol. The maximum atomic E-state index is 11.9. The van der Waals surface area contributed by atoms with Gasteiger partial charge in [-0.15, -0.1) is 0 Å². The fourth-order valence-corrected chi connectivity index (χ4v) is 2.62. The van der Waals surface area contributed by atoms with Gasteiger partial charge in [-0.1, -0.05) is 29.8 Å². The second-order valence-electron chi connectivity index (χ2n) is 5.92. The maximum absolute atomic E-state index is 11.9. The Morgan fingerprint density at radius 2 is 2.17 bits per heavy atom. The molecule has 1 N–H and O–H groups in total. The summed E-state index contributed by atoms with van der Waals surface area (Å²) in [5.41, 5.74) is 2.20. The molecular weight excluding hydrogens is 292 g/mol. The molecule has 1 saturated heterocycles. The molecule has 2 aromatic rings. The monoisotopic (exact) mass is 314 g/mol. The molecule has 1 aromatic carbocycles. The fourth-order valence-electron chi connectivity index (χ4n) is 2.62. The number of amides is 1. The Morgan fingerprint density at radius 3 is 2.91 bits per heavy atom. The lowest BCUT2D eigenvalue weighted by atomic mass is 10.1. The first-order chi connectivity index (χ1) is 11.2. The molecule has 5 nitrogen and oxygen atoms in total. The molecule has 1 atom stereocenters. The van der Waals surface area contributed by atoms with Crippen LogP contribution >= 0.6 is 0 Å². The third kappa shape index (κ3) is 4.42. The molecule has 1 fully saturated rings.